The molecule has 0 bridgehead atoms. The van der Waals surface area contributed by atoms with E-state index in [0.29, 0.717) is 11.8 Å². The summed E-state index contributed by atoms with van der Waals surface area (Å²) in [6.45, 7) is 10.4. The predicted octanol–water partition coefficient (Wildman–Crippen LogP) is 5.39. The van der Waals surface area contributed by atoms with Crippen LogP contribution in [0.4, 0.5) is 0 Å². The molecular weight excluding hydrogens is 216 g/mol. The van der Waals surface area contributed by atoms with Crippen molar-refractivity contribution >= 4 is 0 Å². The zero-order chi connectivity index (χ0) is 13.4. The van der Waals surface area contributed by atoms with Crippen molar-refractivity contribution in [1.29, 1.82) is 0 Å². The smallest absolute Gasteiger partial charge is 0.00863 e. The Morgan fingerprint density at radius 1 is 1.44 bits per heavy atom. The van der Waals surface area contributed by atoms with Gasteiger partial charge in [-0.1, -0.05) is 75.1 Å². The van der Waals surface area contributed by atoms with E-state index in [1.807, 2.05) is 13.0 Å². The summed E-state index contributed by atoms with van der Waals surface area (Å²) in [5.41, 5.74) is 2.66. The van der Waals surface area contributed by atoms with Gasteiger partial charge < -0.3 is 0 Å². The lowest BCUT2D eigenvalue weighted by atomic mass is 9.87. The zero-order valence-corrected chi connectivity index (χ0v) is 11.8. The topological polar surface area (TPSA) is 0 Å². The summed E-state index contributed by atoms with van der Waals surface area (Å²) in [7, 11) is 0. The fraction of sp³-hybridized carbons (Fsp3) is 0.333. The Balaban J connectivity index is 3.02. The van der Waals surface area contributed by atoms with Gasteiger partial charge in [0.2, 0.25) is 0 Å². The molecule has 0 radical (unpaired) electrons. The molecule has 1 aliphatic carbocycles. The van der Waals surface area contributed by atoms with Crippen molar-refractivity contribution in [2.45, 2.75) is 27.2 Å². The van der Waals surface area contributed by atoms with Crippen LogP contribution in [-0.2, 0) is 0 Å². The number of hydrogen-bond donors (Lipinski definition) is 0. The van der Waals surface area contributed by atoms with E-state index >= 15 is 0 Å². The number of hydrogen-bond acceptors (Lipinski definition) is 0. The van der Waals surface area contributed by atoms with Crippen LogP contribution < -0.4 is 0 Å². The highest BCUT2D eigenvalue weighted by molar-refractivity contribution is 5.39. The van der Waals surface area contributed by atoms with Gasteiger partial charge in [0, 0.05) is 5.92 Å². The SMILES string of the molecule is C=C/C(=C\C=C/C)C(CC)C1=CC=CC(C)C=C1. The normalized spacial score (nSPS) is 21.8. The summed E-state index contributed by atoms with van der Waals surface area (Å²) in [5.74, 6) is 0.952. The number of rotatable bonds is 5. The Morgan fingerprint density at radius 3 is 2.83 bits per heavy atom. The van der Waals surface area contributed by atoms with E-state index < -0.39 is 0 Å². The van der Waals surface area contributed by atoms with Crippen LogP contribution in [0.2, 0.25) is 0 Å². The monoisotopic (exact) mass is 240 g/mol. The van der Waals surface area contributed by atoms with Gasteiger partial charge >= 0.3 is 0 Å². The lowest BCUT2D eigenvalue weighted by Crippen LogP contribution is -2.03. The fourth-order valence-corrected chi connectivity index (χ4v) is 2.15. The first kappa shape index (κ1) is 14.5. The first-order valence-corrected chi connectivity index (χ1v) is 6.74. The predicted molar refractivity (Wildman–Crippen MR) is 82.4 cm³/mol. The van der Waals surface area contributed by atoms with Gasteiger partial charge in [0.1, 0.15) is 0 Å². The molecule has 0 heterocycles. The van der Waals surface area contributed by atoms with E-state index in [2.05, 4.69) is 69.0 Å². The molecule has 0 aromatic rings. The van der Waals surface area contributed by atoms with Gasteiger partial charge in [0.05, 0.1) is 0 Å². The molecule has 1 rings (SSSR count). The molecule has 0 saturated heterocycles. The van der Waals surface area contributed by atoms with Crippen LogP contribution in [0.3, 0.4) is 0 Å². The van der Waals surface area contributed by atoms with Crippen molar-refractivity contribution in [3.63, 3.8) is 0 Å². The highest BCUT2D eigenvalue weighted by atomic mass is 14.2. The third-order valence-corrected chi connectivity index (χ3v) is 3.23. The third-order valence-electron chi connectivity index (χ3n) is 3.23. The standard InChI is InChI=1S/C18H24/c1-5-8-11-16(6-2)18(7-3)17-12-9-10-15(4)13-14-17/h5-6,8-15,18H,2,7H2,1,3-4H3/b8-5-,16-11+. The van der Waals surface area contributed by atoms with E-state index in [-0.39, 0.29) is 0 Å². The van der Waals surface area contributed by atoms with E-state index in [4.69, 9.17) is 0 Å². The molecule has 0 amide bonds. The summed E-state index contributed by atoms with van der Waals surface area (Å²) < 4.78 is 0. The van der Waals surface area contributed by atoms with E-state index in [9.17, 15) is 0 Å². The Labute approximate surface area is 112 Å². The third kappa shape index (κ3) is 4.03. The molecule has 0 aromatic carbocycles. The average molecular weight is 240 g/mol. The van der Waals surface area contributed by atoms with Crippen LogP contribution in [0, 0.1) is 11.8 Å². The average Bonchev–Trinajstić information content (AvgIpc) is 2.59. The second-order valence-corrected chi connectivity index (χ2v) is 4.63. The van der Waals surface area contributed by atoms with Crippen LogP contribution in [0.15, 0.2) is 72.4 Å². The van der Waals surface area contributed by atoms with Gasteiger partial charge in [0.25, 0.3) is 0 Å². The van der Waals surface area contributed by atoms with Crippen LogP contribution >= 0.6 is 0 Å². The molecule has 0 heteroatoms. The largest absolute Gasteiger partial charge is 0.0988 e. The molecular formula is C18H24. The highest BCUT2D eigenvalue weighted by Gasteiger charge is 2.13. The molecule has 0 fully saturated rings. The van der Waals surface area contributed by atoms with Crippen molar-refractivity contribution in [3.05, 3.63) is 72.4 Å². The summed E-state index contributed by atoms with van der Waals surface area (Å²) in [6.07, 6.45) is 20.5. The van der Waals surface area contributed by atoms with Gasteiger partial charge in [-0.3, -0.25) is 0 Å². The van der Waals surface area contributed by atoms with Crippen LogP contribution in [0.5, 0.6) is 0 Å². The molecule has 2 atom stereocenters. The van der Waals surface area contributed by atoms with Gasteiger partial charge in [-0.15, -0.1) is 0 Å². The zero-order valence-electron chi connectivity index (χ0n) is 11.8. The lowest BCUT2D eigenvalue weighted by Gasteiger charge is -2.17. The molecule has 0 aromatic heterocycles. The maximum Gasteiger partial charge on any atom is 0.00863 e. The first-order chi connectivity index (χ1) is 8.72. The Bertz CT molecular complexity index is 413. The minimum absolute atomic E-state index is 0.435. The molecule has 18 heavy (non-hydrogen) atoms. The fourth-order valence-electron chi connectivity index (χ4n) is 2.15. The first-order valence-electron chi connectivity index (χ1n) is 6.74. The second-order valence-electron chi connectivity index (χ2n) is 4.63. The van der Waals surface area contributed by atoms with Crippen molar-refractivity contribution < 1.29 is 0 Å². The molecule has 96 valence electrons. The minimum Gasteiger partial charge on any atom is -0.0988 e. The Morgan fingerprint density at radius 2 is 2.22 bits per heavy atom. The van der Waals surface area contributed by atoms with Gasteiger partial charge in [-0.2, -0.15) is 0 Å². The van der Waals surface area contributed by atoms with Crippen molar-refractivity contribution in [2.24, 2.45) is 11.8 Å². The van der Waals surface area contributed by atoms with Crippen molar-refractivity contribution in [1.82, 2.24) is 0 Å². The van der Waals surface area contributed by atoms with Crippen molar-refractivity contribution in [3.8, 4) is 0 Å². The summed E-state index contributed by atoms with van der Waals surface area (Å²) in [6, 6.07) is 0. The molecule has 0 aliphatic heterocycles. The highest BCUT2D eigenvalue weighted by Crippen LogP contribution is 2.27. The maximum atomic E-state index is 3.94. The van der Waals surface area contributed by atoms with Gasteiger partial charge in [-0.05, 0) is 30.4 Å². The maximum absolute atomic E-state index is 3.94. The van der Waals surface area contributed by atoms with Crippen LogP contribution in [-0.4, -0.2) is 0 Å². The molecule has 2 unspecified atom stereocenters. The molecule has 1 aliphatic rings. The second kappa shape index (κ2) is 7.71. The van der Waals surface area contributed by atoms with E-state index in [1.54, 1.807) is 0 Å². The summed E-state index contributed by atoms with van der Waals surface area (Å²) in [4.78, 5) is 0. The van der Waals surface area contributed by atoms with Crippen LogP contribution in [0.1, 0.15) is 27.2 Å². The Kier molecular flexibility index (Phi) is 6.21. The summed E-state index contributed by atoms with van der Waals surface area (Å²) >= 11 is 0. The summed E-state index contributed by atoms with van der Waals surface area (Å²) in [5, 5.41) is 0. The molecule has 0 nitrogen and oxygen atoms in total. The van der Waals surface area contributed by atoms with E-state index in [1.165, 1.54) is 11.1 Å². The van der Waals surface area contributed by atoms with Crippen molar-refractivity contribution in [2.75, 3.05) is 0 Å². The van der Waals surface area contributed by atoms with Gasteiger partial charge in [-0.25, -0.2) is 0 Å². The number of allylic oxidation sites excluding steroid dienone is 11. The lowest BCUT2D eigenvalue weighted by molar-refractivity contribution is 0.714. The van der Waals surface area contributed by atoms with Gasteiger partial charge in [0.15, 0.2) is 0 Å². The minimum atomic E-state index is 0.435. The van der Waals surface area contributed by atoms with E-state index in [0.717, 1.165) is 6.42 Å². The molecule has 0 saturated carbocycles. The molecule has 0 N–H and O–H groups in total. The Hall–Kier alpha value is -1.56. The quantitative estimate of drug-likeness (QED) is 0.565. The van der Waals surface area contributed by atoms with Crippen LogP contribution in [0.25, 0.3) is 0 Å². The molecule has 0 spiro atoms.